The van der Waals surface area contributed by atoms with Gasteiger partial charge in [-0.2, -0.15) is 0 Å². The fraction of sp³-hybridized carbons (Fsp3) is 0.0545. The van der Waals surface area contributed by atoms with Crippen molar-refractivity contribution in [2.45, 2.75) is 19.3 Å². The van der Waals surface area contributed by atoms with E-state index in [0.29, 0.717) is 0 Å². The first-order chi connectivity index (χ1) is 28.1. The van der Waals surface area contributed by atoms with Crippen molar-refractivity contribution in [1.29, 1.82) is 0 Å². The van der Waals surface area contributed by atoms with Crippen LogP contribution in [0.1, 0.15) is 25.0 Å². The third-order valence-electron chi connectivity index (χ3n) is 12.0. The number of rotatable bonds is 6. The van der Waals surface area contributed by atoms with E-state index < -0.39 is 0 Å². The zero-order chi connectivity index (χ0) is 38.1. The summed E-state index contributed by atoms with van der Waals surface area (Å²) in [7, 11) is 0. The maximum absolute atomic E-state index is 7.13. The van der Waals surface area contributed by atoms with Gasteiger partial charge in [0, 0.05) is 38.6 Å². The minimum Gasteiger partial charge on any atom is -0.455 e. The monoisotopic (exact) mass is 729 g/mol. The molecule has 0 atom stereocenters. The summed E-state index contributed by atoms with van der Waals surface area (Å²) in [6.07, 6.45) is 0. The zero-order valence-electron chi connectivity index (χ0n) is 31.9. The number of benzene rings is 9. The molecule has 0 fully saturated rings. The van der Waals surface area contributed by atoms with Crippen LogP contribution in [0.2, 0.25) is 0 Å². The summed E-state index contributed by atoms with van der Waals surface area (Å²) in [6.45, 7) is 4.76. The number of fused-ring (bicyclic) bond motifs is 10. The van der Waals surface area contributed by atoms with Gasteiger partial charge in [-0.05, 0) is 86.1 Å². The highest BCUT2D eigenvalue weighted by Crippen LogP contribution is 2.60. The number of hydrogen-bond donors (Lipinski definition) is 0. The number of hydrogen-bond acceptors (Lipinski definition) is 2. The second-order valence-corrected chi connectivity index (χ2v) is 15.6. The van der Waals surface area contributed by atoms with Crippen LogP contribution in [0.25, 0.3) is 77.2 Å². The molecule has 0 amide bonds. The molecule has 2 nitrogen and oxygen atoms in total. The largest absolute Gasteiger partial charge is 0.455 e. The van der Waals surface area contributed by atoms with Crippen LogP contribution in [-0.4, -0.2) is 0 Å². The van der Waals surface area contributed by atoms with Gasteiger partial charge in [0.25, 0.3) is 0 Å². The summed E-state index contributed by atoms with van der Waals surface area (Å²) < 4.78 is 7.13. The van der Waals surface area contributed by atoms with Crippen molar-refractivity contribution in [3.63, 3.8) is 0 Å². The Kier molecular flexibility index (Phi) is 7.55. The highest BCUT2D eigenvalue weighted by atomic mass is 16.3. The Balaban J connectivity index is 1.22. The second kappa shape index (κ2) is 13.0. The van der Waals surface area contributed by atoms with Crippen LogP contribution in [0, 0.1) is 0 Å². The van der Waals surface area contributed by atoms with Gasteiger partial charge < -0.3 is 9.32 Å². The molecule has 11 rings (SSSR count). The highest BCUT2D eigenvalue weighted by Gasteiger charge is 2.42. The average molecular weight is 730 g/mol. The van der Waals surface area contributed by atoms with Crippen LogP contribution in [0.15, 0.2) is 205 Å². The molecule has 1 aliphatic carbocycles. The van der Waals surface area contributed by atoms with Crippen LogP contribution in [0.5, 0.6) is 0 Å². The van der Waals surface area contributed by atoms with Gasteiger partial charge >= 0.3 is 0 Å². The Morgan fingerprint density at radius 1 is 0.421 bits per heavy atom. The quantitative estimate of drug-likeness (QED) is 0.169. The molecule has 57 heavy (non-hydrogen) atoms. The van der Waals surface area contributed by atoms with Crippen molar-refractivity contribution >= 4 is 49.8 Å². The fourth-order valence-electron chi connectivity index (χ4n) is 9.42. The lowest BCUT2D eigenvalue weighted by atomic mass is 9.79. The Hall–Kier alpha value is -7.16. The predicted molar refractivity (Wildman–Crippen MR) is 240 cm³/mol. The molecule has 0 spiro atoms. The third-order valence-corrected chi connectivity index (χ3v) is 12.0. The molecular formula is C55H39NO. The topological polar surface area (TPSA) is 16.4 Å². The van der Waals surface area contributed by atoms with E-state index in [4.69, 9.17) is 4.42 Å². The molecule has 0 N–H and O–H groups in total. The minimum absolute atomic E-state index is 0.301. The van der Waals surface area contributed by atoms with Gasteiger partial charge in [-0.15, -0.1) is 0 Å². The summed E-state index contributed by atoms with van der Waals surface area (Å²) in [6, 6.07) is 72.3. The van der Waals surface area contributed by atoms with E-state index in [2.05, 4.69) is 219 Å². The minimum atomic E-state index is -0.301. The molecule has 1 aliphatic rings. The van der Waals surface area contributed by atoms with Crippen LogP contribution in [0.3, 0.4) is 0 Å². The molecule has 0 bridgehead atoms. The Labute approximate surface area is 332 Å². The van der Waals surface area contributed by atoms with Crippen molar-refractivity contribution < 1.29 is 4.42 Å². The van der Waals surface area contributed by atoms with Gasteiger partial charge in [0.15, 0.2) is 0 Å². The maximum atomic E-state index is 7.13. The first-order valence-corrected chi connectivity index (χ1v) is 19.8. The van der Waals surface area contributed by atoms with Gasteiger partial charge in [0.05, 0.1) is 11.4 Å². The Morgan fingerprint density at radius 2 is 0.982 bits per heavy atom. The summed E-state index contributed by atoms with van der Waals surface area (Å²) in [5, 5.41) is 4.79. The molecule has 0 radical (unpaired) electrons. The lowest BCUT2D eigenvalue weighted by Gasteiger charge is -2.30. The predicted octanol–water partition coefficient (Wildman–Crippen LogP) is 15.5. The summed E-state index contributed by atoms with van der Waals surface area (Å²) in [4.78, 5) is 2.47. The SMILES string of the molecule is CC1(C)c2cccc(N(c3ccc(-c4ccccc4)cc3)c3ccccc3-c3ccccc3)c2-c2c1c1ccccc1c1c2oc2ccc(-c3ccccc3)cc21. The Morgan fingerprint density at radius 3 is 1.70 bits per heavy atom. The van der Waals surface area contributed by atoms with E-state index >= 15 is 0 Å². The molecule has 0 unspecified atom stereocenters. The number of anilines is 3. The van der Waals surface area contributed by atoms with E-state index in [1.807, 2.05) is 0 Å². The summed E-state index contributed by atoms with van der Waals surface area (Å²) in [5.74, 6) is 0. The van der Waals surface area contributed by atoms with Crippen LogP contribution in [0.4, 0.5) is 17.1 Å². The van der Waals surface area contributed by atoms with Gasteiger partial charge in [-0.25, -0.2) is 0 Å². The number of nitrogens with zero attached hydrogens (tertiary/aromatic N) is 1. The molecule has 0 aliphatic heterocycles. The van der Waals surface area contributed by atoms with Gasteiger partial charge in [-0.1, -0.05) is 178 Å². The number of furan rings is 1. The zero-order valence-corrected chi connectivity index (χ0v) is 31.9. The molecule has 10 aromatic rings. The molecule has 0 saturated carbocycles. The molecule has 0 saturated heterocycles. The van der Waals surface area contributed by atoms with Crippen LogP contribution >= 0.6 is 0 Å². The van der Waals surface area contributed by atoms with Gasteiger partial charge in [-0.3, -0.25) is 0 Å². The standard InChI is InChI=1S/C55H39NO/c1-55(2)46-26-16-28-48(56(41-32-29-38(30-33-41)36-17-6-3-7-18-36)47-27-15-14-23-42(47)39-21-10-5-11-22-39)51(46)52-53(55)44-25-13-12-24-43(44)50-45-35-40(37-19-8-4-9-20-37)31-34-49(45)57-54(50)52/h3-35H,1-2H3. The van der Waals surface area contributed by atoms with Crippen LogP contribution < -0.4 is 4.90 Å². The van der Waals surface area contributed by atoms with E-state index in [0.717, 1.165) is 33.6 Å². The van der Waals surface area contributed by atoms with Crippen molar-refractivity contribution in [1.82, 2.24) is 0 Å². The smallest absolute Gasteiger partial charge is 0.144 e. The lowest BCUT2D eigenvalue weighted by Crippen LogP contribution is -2.16. The molecule has 2 heteroatoms. The van der Waals surface area contributed by atoms with Gasteiger partial charge in [0.2, 0.25) is 0 Å². The number of para-hydroxylation sites is 1. The van der Waals surface area contributed by atoms with Crippen molar-refractivity contribution in [3.8, 4) is 44.5 Å². The second-order valence-electron chi connectivity index (χ2n) is 15.6. The van der Waals surface area contributed by atoms with Crippen molar-refractivity contribution in [3.05, 3.63) is 211 Å². The van der Waals surface area contributed by atoms with Crippen molar-refractivity contribution in [2.24, 2.45) is 0 Å². The molecular weight excluding hydrogens is 691 g/mol. The highest BCUT2D eigenvalue weighted by molar-refractivity contribution is 6.26. The molecule has 270 valence electrons. The fourth-order valence-corrected chi connectivity index (χ4v) is 9.42. The van der Waals surface area contributed by atoms with Crippen LogP contribution in [-0.2, 0) is 5.41 Å². The van der Waals surface area contributed by atoms with E-state index in [-0.39, 0.29) is 5.41 Å². The van der Waals surface area contributed by atoms with E-state index in [1.54, 1.807) is 0 Å². The first kappa shape index (κ1) is 33.2. The average Bonchev–Trinajstić information content (AvgIpc) is 3.78. The normalized spacial score (nSPS) is 12.9. The maximum Gasteiger partial charge on any atom is 0.144 e. The van der Waals surface area contributed by atoms with Gasteiger partial charge in [0.1, 0.15) is 11.2 Å². The third kappa shape index (κ3) is 5.18. The molecule has 9 aromatic carbocycles. The molecule has 1 aromatic heterocycles. The Bertz CT molecular complexity index is 3120. The van der Waals surface area contributed by atoms with E-state index in [9.17, 15) is 0 Å². The molecule has 1 heterocycles. The van der Waals surface area contributed by atoms with Crippen molar-refractivity contribution in [2.75, 3.05) is 4.90 Å². The summed E-state index contributed by atoms with van der Waals surface area (Å²) >= 11 is 0. The lowest BCUT2D eigenvalue weighted by molar-refractivity contribution is 0.658. The van der Waals surface area contributed by atoms with E-state index in [1.165, 1.54) is 71.8 Å². The summed E-state index contributed by atoms with van der Waals surface area (Å²) in [5.41, 5.74) is 17.0. The first-order valence-electron chi connectivity index (χ1n) is 19.8.